The van der Waals surface area contributed by atoms with Crippen molar-refractivity contribution in [1.82, 2.24) is 25.3 Å². The molecule has 0 spiro atoms. The number of aliphatic imine (C=N–C) groups is 1. The van der Waals surface area contributed by atoms with Crippen molar-refractivity contribution in [3.05, 3.63) is 18.0 Å². The Hall–Kier alpha value is -1.56. The molecule has 0 saturated carbocycles. The third-order valence-corrected chi connectivity index (χ3v) is 3.90. The molecule has 0 atom stereocenters. The highest BCUT2D eigenvalue weighted by atomic mass is 15.2. The van der Waals surface area contributed by atoms with E-state index in [2.05, 4.69) is 53.3 Å². The Balaban J connectivity index is 2.21. The Morgan fingerprint density at radius 1 is 1.22 bits per heavy atom. The third kappa shape index (κ3) is 7.50. The number of hydrogen-bond acceptors (Lipinski definition) is 3. The predicted molar refractivity (Wildman–Crippen MR) is 97.9 cm³/mol. The molecule has 0 aliphatic carbocycles. The van der Waals surface area contributed by atoms with Gasteiger partial charge in [0.15, 0.2) is 5.96 Å². The van der Waals surface area contributed by atoms with E-state index in [0.717, 1.165) is 38.4 Å². The van der Waals surface area contributed by atoms with Gasteiger partial charge in [-0.2, -0.15) is 5.10 Å². The summed E-state index contributed by atoms with van der Waals surface area (Å²) in [5, 5.41) is 10.9. The fourth-order valence-corrected chi connectivity index (χ4v) is 2.73. The second kappa shape index (κ2) is 10.3. The van der Waals surface area contributed by atoms with Gasteiger partial charge in [-0.25, -0.2) is 0 Å². The lowest BCUT2D eigenvalue weighted by Gasteiger charge is -2.30. The molecule has 23 heavy (non-hydrogen) atoms. The lowest BCUT2D eigenvalue weighted by Crippen LogP contribution is -2.41. The number of aromatic nitrogens is 2. The maximum Gasteiger partial charge on any atom is 0.190 e. The monoisotopic (exact) mass is 322 g/mol. The predicted octanol–water partition coefficient (Wildman–Crippen LogP) is 1.64. The first kappa shape index (κ1) is 19.5. The Kier molecular flexibility index (Phi) is 8.69. The maximum atomic E-state index is 4.27. The molecule has 2 N–H and O–H groups in total. The van der Waals surface area contributed by atoms with E-state index in [1.54, 1.807) is 0 Å². The van der Waals surface area contributed by atoms with Crippen molar-refractivity contribution < 1.29 is 0 Å². The highest BCUT2D eigenvalue weighted by Gasteiger charge is 2.12. The van der Waals surface area contributed by atoms with E-state index in [1.165, 1.54) is 5.56 Å². The van der Waals surface area contributed by atoms with Gasteiger partial charge in [0, 0.05) is 52.0 Å². The molecular weight excluding hydrogens is 288 g/mol. The summed E-state index contributed by atoms with van der Waals surface area (Å²) in [7, 11) is 3.75. The maximum absolute atomic E-state index is 4.27. The molecule has 1 aromatic heterocycles. The minimum absolute atomic E-state index is 0.590. The molecule has 132 valence electrons. The van der Waals surface area contributed by atoms with Gasteiger partial charge in [-0.05, 0) is 46.1 Å². The van der Waals surface area contributed by atoms with E-state index in [9.17, 15) is 0 Å². The quantitative estimate of drug-likeness (QED) is 0.412. The zero-order valence-corrected chi connectivity index (χ0v) is 15.6. The molecular formula is C17H34N6. The second-order valence-corrected chi connectivity index (χ2v) is 6.48. The highest BCUT2D eigenvalue weighted by molar-refractivity contribution is 5.79. The van der Waals surface area contributed by atoms with Crippen LogP contribution in [0.4, 0.5) is 0 Å². The van der Waals surface area contributed by atoms with E-state index in [0.29, 0.717) is 12.1 Å². The topological polar surface area (TPSA) is 57.5 Å². The fourth-order valence-electron chi connectivity index (χ4n) is 2.73. The largest absolute Gasteiger partial charge is 0.356 e. The summed E-state index contributed by atoms with van der Waals surface area (Å²) in [5.74, 6) is 0.870. The van der Waals surface area contributed by atoms with Gasteiger partial charge in [0.2, 0.25) is 0 Å². The van der Waals surface area contributed by atoms with Crippen molar-refractivity contribution in [2.45, 2.75) is 52.6 Å². The van der Waals surface area contributed by atoms with Crippen molar-refractivity contribution in [2.75, 3.05) is 26.7 Å². The standard InChI is InChI=1S/C17H34N6/c1-14(2)23(15(3)4)11-7-9-19-17(18-5)20-10-8-16-12-21-22(6)13-16/h12-15H,7-11H2,1-6H3,(H2,18,19,20). The molecule has 0 radical (unpaired) electrons. The first-order valence-electron chi connectivity index (χ1n) is 8.61. The molecule has 0 unspecified atom stereocenters. The zero-order valence-electron chi connectivity index (χ0n) is 15.6. The smallest absolute Gasteiger partial charge is 0.190 e. The SMILES string of the molecule is CN=C(NCCCN(C(C)C)C(C)C)NCCc1cnn(C)c1. The molecule has 1 heterocycles. The molecule has 0 aliphatic rings. The first-order chi connectivity index (χ1) is 10.9. The lowest BCUT2D eigenvalue weighted by atomic mass is 10.2. The Bertz CT molecular complexity index is 455. The molecule has 6 heteroatoms. The summed E-state index contributed by atoms with van der Waals surface area (Å²) in [6.07, 6.45) is 6.01. The van der Waals surface area contributed by atoms with Gasteiger partial charge >= 0.3 is 0 Å². The molecule has 6 nitrogen and oxygen atoms in total. The molecule has 1 aromatic rings. The molecule has 0 aromatic carbocycles. The fraction of sp³-hybridized carbons (Fsp3) is 0.765. The van der Waals surface area contributed by atoms with Gasteiger partial charge < -0.3 is 10.6 Å². The van der Waals surface area contributed by atoms with Crippen molar-refractivity contribution in [2.24, 2.45) is 12.0 Å². The summed E-state index contributed by atoms with van der Waals surface area (Å²) < 4.78 is 1.83. The number of aryl methyl sites for hydroxylation is 1. The van der Waals surface area contributed by atoms with Gasteiger partial charge in [0.25, 0.3) is 0 Å². The van der Waals surface area contributed by atoms with Crippen LogP contribution in [0.25, 0.3) is 0 Å². The number of nitrogens with zero attached hydrogens (tertiary/aromatic N) is 4. The van der Waals surface area contributed by atoms with Crippen molar-refractivity contribution in [1.29, 1.82) is 0 Å². The van der Waals surface area contributed by atoms with Gasteiger partial charge in [0.1, 0.15) is 0 Å². The summed E-state index contributed by atoms with van der Waals surface area (Å²) >= 11 is 0. The van der Waals surface area contributed by atoms with E-state index in [-0.39, 0.29) is 0 Å². The summed E-state index contributed by atoms with van der Waals surface area (Å²) in [6.45, 7) is 11.9. The normalized spacial score (nSPS) is 12.5. The third-order valence-electron chi connectivity index (χ3n) is 3.90. The van der Waals surface area contributed by atoms with Crippen LogP contribution in [0.3, 0.4) is 0 Å². The highest BCUT2D eigenvalue weighted by Crippen LogP contribution is 2.05. The summed E-state index contributed by atoms with van der Waals surface area (Å²) in [4.78, 5) is 6.79. The van der Waals surface area contributed by atoms with Gasteiger partial charge in [0.05, 0.1) is 6.20 Å². The molecule has 0 saturated heterocycles. The van der Waals surface area contributed by atoms with Crippen LogP contribution in [-0.2, 0) is 13.5 Å². The summed E-state index contributed by atoms with van der Waals surface area (Å²) in [6, 6.07) is 1.18. The Morgan fingerprint density at radius 2 is 1.87 bits per heavy atom. The molecule has 0 fully saturated rings. The minimum atomic E-state index is 0.590. The Labute approximate surface area is 141 Å². The van der Waals surface area contributed by atoms with Crippen LogP contribution in [0.15, 0.2) is 17.4 Å². The van der Waals surface area contributed by atoms with E-state index >= 15 is 0 Å². The minimum Gasteiger partial charge on any atom is -0.356 e. The number of nitrogens with one attached hydrogen (secondary N) is 2. The van der Waals surface area contributed by atoms with Gasteiger partial charge in [-0.15, -0.1) is 0 Å². The molecule has 0 bridgehead atoms. The molecule has 0 aliphatic heterocycles. The van der Waals surface area contributed by atoms with Crippen LogP contribution in [0.5, 0.6) is 0 Å². The molecule has 1 rings (SSSR count). The van der Waals surface area contributed by atoms with E-state index in [1.807, 2.05) is 31.2 Å². The average Bonchev–Trinajstić information content (AvgIpc) is 2.89. The van der Waals surface area contributed by atoms with Crippen LogP contribution >= 0.6 is 0 Å². The van der Waals surface area contributed by atoms with Crippen LogP contribution < -0.4 is 10.6 Å². The van der Waals surface area contributed by atoms with Crippen LogP contribution in [0.2, 0.25) is 0 Å². The zero-order chi connectivity index (χ0) is 17.2. The second-order valence-electron chi connectivity index (χ2n) is 6.48. The van der Waals surface area contributed by atoms with Gasteiger partial charge in [-0.1, -0.05) is 0 Å². The van der Waals surface area contributed by atoms with Crippen LogP contribution in [0.1, 0.15) is 39.7 Å². The van der Waals surface area contributed by atoms with Crippen LogP contribution in [0, 0.1) is 0 Å². The number of rotatable bonds is 9. The van der Waals surface area contributed by atoms with Crippen molar-refractivity contribution >= 4 is 5.96 Å². The molecule has 0 amide bonds. The first-order valence-corrected chi connectivity index (χ1v) is 8.61. The number of hydrogen-bond donors (Lipinski definition) is 2. The van der Waals surface area contributed by atoms with Gasteiger partial charge in [-0.3, -0.25) is 14.6 Å². The van der Waals surface area contributed by atoms with E-state index < -0.39 is 0 Å². The lowest BCUT2D eigenvalue weighted by molar-refractivity contribution is 0.173. The average molecular weight is 323 g/mol. The Morgan fingerprint density at radius 3 is 2.39 bits per heavy atom. The van der Waals surface area contributed by atoms with Crippen LogP contribution in [-0.4, -0.2) is 59.4 Å². The van der Waals surface area contributed by atoms with Crippen molar-refractivity contribution in [3.63, 3.8) is 0 Å². The summed E-state index contributed by atoms with van der Waals surface area (Å²) in [5.41, 5.74) is 1.24. The number of guanidine groups is 1. The van der Waals surface area contributed by atoms with E-state index in [4.69, 9.17) is 0 Å². The van der Waals surface area contributed by atoms with Crippen molar-refractivity contribution in [3.8, 4) is 0 Å².